The highest BCUT2D eigenvalue weighted by atomic mass is 16.4. The first-order chi connectivity index (χ1) is 8.95. The Labute approximate surface area is 117 Å². The molecule has 2 atom stereocenters. The molecule has 0 spiro atoms. The van der Waals surface area contributed by atoms with E-state index in [1.54, 1.807) is 0 Å². The lowest BCUT2D eigenvalue weighted by Crippen LogP contribution is -2.35. The Morgan fingerprint density at radius 1 is 1.37 bits per heavy atom. The summed E-state index contributed by atoms with van der Waals surface area (Å²) in [5.41, 5.74) is 5.43. The van der Waals surface area contributed by atoms with Crippen LogP contribution in [0.4, 0.5) is 0 Å². The van der Waals surface area contributed by atoms with Crippen molar-refractivity contribution in [3.05, 3.63) is 0 Å². The maximum Gasteiger partial charge on any atom is 0.144 e. The molecule has 1 rings (SSSR count). The minimum atomic E-state index is -0.235. The third kappa shape index (κ3) is 5.81. The van der Waals surface area contributed by atoms with E-state index in [0.717, 1.165) is 31.3 Å². The highest BCUT2D eigenvalue weighted by Gasteiger charge is 2.23. The molecular formula is C15H31N3O. The van der Waals surface area contributed by atoms with Crippen LogP contribution < -0.4 is 11.1 Å². The molecule has 4 heteroatoms. The molecule has 112 valence electrons. The Kier molecular flexibility index (Phi) is 6.63. The van der Waals surface area contributed by atoms with Crippen molar-refractivity contribution in [2.24, 2.45) is 28.1 Å². The van der Waals surface area contributed by atoms with Gasteiger partial charge in [0.05, 0.1) is 0 Å². The minimum Gasteiger partial charge on any atom is -0.409 e. The minimum absolute atomic E-state index is 0.235. The summed E-state index contributed by atoms with van der Waals surface area (Å²) in [5.74, 6) is 2.14. The highest BCUT2D eigenvalue weighted by Crippen LogP contribution is 2.30. The van der Waals surface area contributed by atoms with Crippen LogP contribution in [0.25, 0.3) is 0 Å². The van der Waals surface area contributed by atoms with Gasteiger partial charge < -0.3 is 16.3 Å². The average molecular weight is 269 g/mol. The maximum atomic E-state index is 8.71. The first kappa shape index (κ1) is 16.3. The second-order valence-corrected chi connectivity index (χ2v) is 6.80. The summed E-state index contributed by atoms with van der Waals surface area (Å²) in [6, 6.07) is 0. The molecule has 1 aliphatic rings. The molecule has 0 aromatic heterocycles. The summed E-state index contributed by atoms with van der Waals surface area (Å²) in [7, 11) is 0. The smallest absolute Gasteiger partial charge is 0.144 e. The normalized spacial score (nSPS) is 25.5. The van der Waals surface area contributed by atoms with Gasteiger partial charge in [0, 0.05) is 5.41 Å². The van der Waals surface area contributed by atoms with E-state index in [-0.39, 0.29) is 5.41 Å². The number of amidine groups is 1. The molecule has 1 fully saturated rings. The van der Waals surface area contributed by atoms with Crippen molar-refractivity contribution < 1.29 is 5.21 Å². The van der Waals surface area contributed by atoms with Crippen molar-refractivity contribution in [1.29, 1.82) is 0 Å². The van der Waals surface area contributed by atoms with Crippen LogP contribution in [0, 0.1) is 17.3 Å². The molecule has 1 saturated carbocycles. The van der Waals surface area contributed by atoms with Crippen molar-refractivity contribution in [1.82, 2.24) is 5.32 Å². The van der Waals surface area contributed by atoms with Crippen molar-refractivity contribution in [3.63, 3.8) is 0 Å². The maximum absolute atomic E-state index is 8.71. The highest BCUT2D eigenvalue weighted by molar-refractivity contribution is 5.85. The van der Waals surface area contributed by atoms with E-state index in [0.29, 0.717) is 5.84 Å². The van der Waals surface area contributed by atoms with Crippen LogP contribution in [0.2, 0.25) is 0 Å². The van der Waals surface area contributed by atoms with Crippen molar-refractivity contribution in [3.8, 4) is 0 Å². The number of rotatable bonds is 7. The second kappa shape index (κ2) is 7.73. The number of hydrogen-bond donors (Lipinski definition) is 3. The zero-order chi connectivity index (χ0) is 14.3. The standard InChI is InChI=1S/C15H31N3O/c1-12-5-4-6-13(11-12)7-9-17-10-8-15(2,3)14(16)18-19/h12-13,17,19H,4-11H2,1-3H3,(H2,16,18). The monoisotopic (exact) mass is 269 g/mol. The molecule has 4 nitrogen and oxygen atoms in total. The van der Waals surface area contributed by atoms with E-state index >= 15 is 0 Å². The largest absolute Gasteiger partial charge is 0.409 e. The Bertz CT molecular complexity index is 289. The predicted octanol–water partition coefficient (Wildman–Crippen LogP) is 2.96. The summed E-state index contributed by atoms with van der Waals surface area (Å²) in [4.78, 5) is 0. The van der Waals surface area contributed by atoms with Crippen molar-refractivity contribution in [2.45, 2.75) is 59.3 Å². The predicted molar refractivity (Wildman–Crippen MR) is 80.4 cm³/mol. The van der Waals surface area contributed by atoms with Gasteiger partial charge in [-0.2, -0.15) is 0 Å². The number of nitrogens with two attached hydrogens (primary N) is 1. The molecular weight excluding hydrogens is 238 g/mol. The van der Waals surface area contributed by atoms with E-state index in [2.05, 4.69) is 17.4 Å². The van der Waals surface area contributed by atoms with Crippen LogP contribution >= 0.6 is 0 Å². The molecule has 19 heavy (non-hydrogen) atoms. The van der Waals surface area contributed by atoms with Gasteiger partial charge in [-0.05, 0) is 44.2 Å². The number of nitrogens with one attached hydrogen (secondary N) is 1. The fraction of sp³-hybridized carbons (Fsp3) is 0.933. The Morgan fingerprint density at radius 2 is 2.11 bits per heavy atom. The molecule has 0 aromatic carbocycles. The molecule has 0 aliphatic heterocycles. The van der Waals surface area contributed by atoms with Gasteiger partial charge >= 0.3 is 0 Å². The Morgan fingerprint density at radius 3 is 2.74 bits per heavy atom. The molecule has 0 amide bonds. The number of oxime groups is 1. The summed E-state index contributed by atoms with van der Waals surface area (Å²) in [6.45, 7) is 8.40. The molecule has 0 radical (unpaired) electrons. The van der Waals surface area contributed by atoms with E-state index in [9.17, 15) is 0 Å². The molecule has 4 N–H and O–H groups in total. The van der Waals surface area contributed by atoms with Gasteiger partial charge in [0.25, 0.3) is 0 Å². The van der Waals surface area contributed by atoms with Crippen LogP contribution in [0.3, 0.4) is 0 Å². The van der Waals surface area contributed by atoms with Crippen LogP contribution in [0.15, 0.2) is 5.16 Å². The molecule has 1 aliphatic carbocycles. The quantitative estimate of drug-likeness (QED) is 0.219. The van der Waals surface area contributed by atoms with Crippen LogP contribution in [0.5, 0.6) is 0 Å². The first-order valence-corrected chi connectivity index (χ1v) is 7.64. The van der Waals surface area contributed by atoms with Crippen LogP contribution in [-0.2, 0) is 0 Å². The van der Waals surface area contributed by atoms with Crippen molar-refractivity contribution in [2.75, 3.05) is 13.1 Å². The molecule has 0 heterocycles. The fourth-order valence-corrected chi connectivity index (χ4v) is 2.92. The molecule has 0 aromatic rings. The Hall–Kier alpha value is -0.770. The van der Waals surface area contributed by atoms with E-state index in [1.807, 2.05) is 13.8 Å². The van der Waals surface area contributed by atoms with Gasteiger partial charge in [0.2, 0.25) is 0 Å². The molecule has 2 unspecified atom stereocenters. The summed E-state index contributed by atoms with van der Waals surface area (Å²) >= 11 is 0. The summed E-state index contributed by atoms with van der Waals surface area (Å²) in [5, 5.41) is 15.3. The lowest BCUT2D eigenvalue weighted by Gasteiger charge is -2.27. The summed E-state index contributed by atoms with van der Waals surface area (Å²) in [6.07, 6.45) is 7.80. The van der Waals surface area contributed by atoms with Gasteiger partial charge in [-0.1, -0.05) is 45.2 Å². The number of hydrogen-bond acceptors (Lipinski definition) is 3. The lowest BCUT2D eigenvalue weighted by atomic mass is 9.81. The molecule has 0 saturated heterocycles. The SMILES string of the molecule is CC1CCCC(CCNCCC(C)(C)C(N)=NO)C1. The van der Waals surface area contributed by atoms with Gasteiger partial charge in [-0.3, -0.25) is 0 Å². The van der Waals surface area contributed by atoms with Gasteiger partial charge in [-0.15, -0.1) is 0 Å². The van der Waals surface area contributed by atoms with Crippen LogP contribution in [0.1, 0.15) is 59.3 Å². The van der Waals surface area contributed by atoms with Gasteiger partial charge in [0.15, 0.2) is 0 Å². The second-order valence-electron chi connectivity index (χ2n) is 6.80. The lowest BCUT2D eigenvalue weighted by molar-refractivity contribution is 0.266. The topological polar surface area (TPSA) is 70.6 Å². The fourth-order valence-electron chi connectivity index (χ4n) is 2.92. The van der Waals surface area contributed by atoms with Gasteiger partial charge in [0.1, 0.15) is 5.84 Å². The van der Waals surface area contributed by atoms with E-state index in [4.69, 9.17) is 10.9 Å². The van der Waals surface area contributed by atoms with Crippen LogP contribution in [-0.4, -0.2) is 24.1 Å². The van der Waals surface area contributed by atoms with Crippen molar-refractivity contribution >= 4 is 5.84 Å². The first-order valence-electron chi connectivity index (χ1n) is 7.64. The third-order valence-corrected chi connectivity index (χ3v) is 4.50. The van der Waals surface area contributed by atoms with E-state index < -0.39 is 0 Å². The third-order valence-electron chi connectivity index (χ3n) is 4.50. The number of nitrogens with zero attached hydrogens (tertiary/aromatic N) is 1. The zero-order valence-electron chi connectivity index (χ0n) is 12.8. The summed E-state index contributed by atoms with van der Waals surface area (Å²) < 4.78 is 0. The molecule has 0 bridgehead atoms. The average Bonchev–Trinajstić information content (AvgIpc) is 2.37. The Balaban J connectivity index is 2.11. The zero-order valence-corrected chi connectivity index (χ0v) is 12.8. The van der Waals surface area contributed by atoms with Gasteiger partial charge in [-0.25, -0.2) is 0 Å². The van der Waals surface area contributed by atoms with E-state index in [1.165, 1.54) is 32.1 Å².